The normalized spacial score (nSPS) is 10.7. The number of esters is 1. The third kappa shape index (κ3) is 8.35. The number of carbonyl (C=O) groups is 4. The average Bonchev–Trinajstić information content (AvgIpc) is 2.60. The van der Waals surface area contributed by atoms with E-state index in [4.69, 9.17) is 4.74 Å². The summed E-state index contributed by atoms with van der Waals surface area (Å²) in [4.78, 5) is 49.8. The van der Waals surface area contributed by atoms with Gasteiger partial charge in [0.05, 0.1) is 13.7 Å². The van der Waals surface area contributed by atoms with Crippen LogP contribution in [0, 0.1) is 0 Å². The zero-order chi connectivity index (χ0) is 20.4. The van der Waals surface area contributed by atoms with Gasteiger partial charge in [-0.3, -0.25) is 14.5 Å². The van der Waals surface area contributed by atoms with Crippen LogP contribution < -0.4 is 0 Å². The van der Waals surface area contributed by atoms with Crippen molar-refractivity contribution >= 4 is 24.3 Å². The fourth-order valence-electron chi connectivity index (χ4n) is 2.14. The maximum Gasteiger partial charge on any atom is 0.411 e. The summed E-state index contributed by atoms with van der Waals surface area (Å²) in [5, 5.41) is 0. The van der Waals surface area contributed by atoms with Crippen molar-refractivity contribution < 1.29 is 28.7 Å². The molecule has 1 rings (SSSR count). The van der Waals surface area contributed by atoms with Crippen LogP contribution in [-0.4, -0.2) is 66.4 Å². The molecule has 0 spiro atoms. The van der Waals surface area contributed by atoms with Gasteiger partial charge >= 0.3 is 12.1 Å². The molecule has 0 radical (unpaired) electrons. The third-order valence-electron chi connectivity index (χ3n) is 3.39. The first kappa shape index (κ1) is 22.1. The SMILES string of the molecule is COC(=O)CN(Cc1ccccc1)C(=O)CN(CC=O)C(=O)OC(C)(C)C. The first-order valence-corrected chi connectivity index (χ1v) is 8.46. The smallest absolute Gasteiger partial charge is 0.411 e. The molecule has 0 aliphatic rings. The molecule has 27 heavy (non-hydrogen) atoms. The zero-order valence-electron chi connectivity index (χ0n) is 16.1. The Balaban J connectivity index is 2.91. The number of nitrogens with zero attached hydrogens (tertiary/aromatic N) is 2. The van der Waals surface area contributed by atoms with Gasteiger partial charge in [-0.1, -0.05) is 30.3 Å². The first-order chi connectivity index (χ1) is 12.7. The summed E-state index contributed by atoms with van der Waals surface area (Å²) < 4.78 is 9.86. The standard InChI is InChI=1S/C19H26N2O6/c1-19(2,3)27-18(25)20(10-11-22)13-16(23)21(14-17(24)26-4)12-15-8-6-5-7-9-15/h5-9,11H,10,12-14H2,1-4H3. The number of rotatable bonds is 8. The Hall–Kier alpha value is -2.90. The predicted molar refractivity (Wildman–Crippen MR) is 97.7 cm³/mol. The van der Waals surface area contributed by atoms with Gasteiger partial charge in [-0.25, -0.2) is 4.79 Å². The van der Waals surface area contributed by atoms with Gasteiger partial charge in [0, 0.05) is 6.54 Å². The maximum absolute atomic E-state index is 12.7. The van der Waals surface area contributed by atoms with E-state index in [0.29, 0.717) is 6.29 Å². The number of carbonyl (C=O) groups excluding carboxylic acids is 4. The quantitative estimate of drug-likeness (QED) is 0.504. The lowest BCUT2D eigenvalue weighted by Crippen LogP contribution is -2.46. The van der Waals surface area contributed by atoms with Crippen molar-refractivity contribution in [1.82, 2.24) is 9.80 Å². The molecule has 1 aromatic carbocycles. The molecular weight excluding hydrogens is 352 g/mol. The Morgan fingerprint density at radius 2 is 1.67 bits per heavy atom. The van der Waals surface area contributed by atoms with Crippen LogP contribution in [0.2, 0.25) is 0 Å². The van der Waals surface area contributed by atoms with Gasteiger partial charge in [0.15, 0.2) is 0 Å². The van der Waals surface area contributed by atoms with E-state index in [1.165, 1.54) is 12.0 Å². The number of amides is 2. The molecule has 0 heterocycles. The Bertz CT molecular complexity index is 654. The van der Waals surface area contributed by atoms with E-state index in [-0.39, 0.29) is 19.6 Å². The van der Waals surface area contributed by atoms with Crippen LogP contribution in [0.15, 0.2) is 30.3 Å². The number of ether oxygens (including phenoxy) is 2. The largest absolute Gasteiger partial charge is 0.468 e. The molecule has 0 atom stereocenters. The molecule has 0 aromatic heterocycles. The summed E-state index contributed by atoms with van der Waals surface area (Å²) in [5.74, 6) is -1.09. The highest BCUT2D eigenvalue weighted by Crippen LogP contribution is 2.11. The lowest BCUT2D eigenvalue weighted by atomic mass is 10.2. The molecule has 0 bridgehead atoms. The van der Waals surface area contributed by atoms with E-state index in [9.17, 15) is 19.2 Å². The molecule has 0 aliphatic carbocycles. The van der Waals surface area contributed by atoms with Crippen LogP contribution in [0.1, 0.15) is 26.3 Å². The summed E-state index contributed by atoms with van der Waals surface area (Å²) in [6.45, 7) is 4.27. The molecule has 0 N–H and O–H groups in total. The fourth-order valence-corrected chi connectivity index (χ4v) is 2.14. The summed E-state index contributed by atoms with van der Waals surface area (Å²) in [6, 6.07) is 9.10. The van der Waals surface area contributed by atoms with Crippen LogP contribution in [0.3, 0.4) is 0 Å². The third-order valence-corrected chi connectivity index (χ3v) is 3.39. The zero-order valence-corrected chi connectivity index (χ0v) is 16.1. The van der Waals surface area contributed by atoms with Crippen LogP contribution >= 0.6 is 0 Å². The highest BCUT2D eigenvalue weighted by molar-refractivity contribution is 5.86. The lowest BCUT2D eigenvalue weighted by molar-refractivity contribution is -0.147. The molecule has 0 saturated carbocycles. The van der Waals surface area contributed by atoms with E-state index in [1.54, 1.807) is 20.8 Å². The fraction of sp³-hybridized carbons (Fsp3) is 0.474. The van der Waals surface area contributed by atoms with Gasteiger partial charge in [0.2, 0.25) is 5.91 Å². The molecule has 1 aromatic rings. The second-order valence-electron chi connectivity index (χ2n) is 6.84. The number of hydrogen-bond donors (Lipinski definition) is 0. The molecule has 0 saturated heterocycles. The van der Waals surface area contributed by atoms with Crippen LogP contribution in [-0.2, 0) is 30.4 Å². The Labute approximate surface area is 159 Å². The number of hydrogen-bond acceptors (Lipinski definition) is 6. The highest BCUT2D eigenvalue weighted by atomic mass is 16.6. The van der Waals surface area contributed by atoms with Crippen molar-refractivity contribution in [1.29, 1.82) is 0 Å². The number of benzene rings is 1. The summed E-state index contributed by atoms with van der Waals surface area (Å²) in [5.41, 5.74) is 0.0470. The van der Waals surface area contributed by atoms with Crippen LogP contribution in [0.4, 0.5) is 4.79 Å². The van der Waals surface area contributed by atoms with E-state index in [0.717, 1.165) is 10.5 Å². The topological polar surface area (TPSA) is 93.2 Å². The number of methoxy groups -OCH3 is 1. The Morgan fingerprint density at radius 3 is 2.19 bits per heavy atom. The van der Waals surface area contributed by atoms with Crippen molar-refractivity contribution in [3.63, 3.8) is 0 Å². The summed E-state index contributed by atoms with van der Waals surface area (Å²) in [7, 11) is 1.23. The molecule has 0 fully saturated rings. The van der Waals surface area contributed by atoms with Crippen molar-refractivity contribution in [2.75, 3.05) is 26.7 Å². The minimum Gasteiger partial charge on any atom is -0.468 e. The van der Waals surface area contributed by atoms with Crippen LogP contribution in [0.5, 0.6) is 0 Å². The summed E-state index contributed by atoms with van der Waals surface area (Å²) >= 11 is 0. The highest BCUT2D eigenvalue weighted by Gasteiger charge is 2.26. The maximum atomic E-state index is 12.7. The van der Waals surface area contributed by atoms with Gasteiger partial charge < -0.3 is 19.2 Å². The Morgan fingerprint density at radius 1 is 1.04 bits per heavy atom. The molecule has 2 amide bonds. The summed E-state index contributed by atoms with van der Waals surface area (Å²) in [6.07, 6.45) is -0.264. The Kier molecular flexibility index (Phi) is 8.44. The number of aldehydes is 1. The van der Waals surface area contributed by atoms with Crippen molar-refractivity contribution in [2.24, 2.45) is 0 Å². The van der Waals surface area contributed by atoms with Crippen molar-refractivity contribution in [2.45, 2.75) is 32.9 Å². The first-order valence-electron chi connectivity index (χ1n) is 8.46. The second kappa shape index (κ2) is 10.3. The van der Waals surface area contributed by atoms with E-state index in [1.807, 2.05) is 30.3 Å². The lowest BCUT2D eigenvalue weighted by Gasteiger charge is -2.28. The minimum atomic E-state index is -0.777. The monoisotopic (exact) mass is 378 g/mol. The van der Waals surface area contributed by atoms with Gasteiger partial charge in [-0.05, 0) is 26.3 Å². The molecule has 148 valence electrons. The molecule has 8 heteroatoms. The van der Waals surface area contributed by atoms with Crippen molar-refractivity contribution in [3.05, 3.63) is 35.9 Å². The molecular formula is C19H26N2O6. The van der Waals surface area contributed by atoms with E-state index in [2.05, 4.69) is 4.74 Å². The minimum absolute atomic E-state index is 0.165. The van der Waals surface area contributed by atoms with Gasteiger partial charge in [0.25, 0.3) is 0 Å². The van der Waals surface area contributed by atoms with Gasteiger partial charge in [0.1, 0.15) is 25.0 Å². The molecule has 0 aliphatic heterocycles. The average molecular weight is 378 g/mol. The molecule has 8 nitrogen and oxygen atoms in total. The van der Waals surface area contributed by atoms with Crippen molar-refractivity contribution in [3.8, 4) is 0 Å². The van der Waals surface area contributed by atoms with E-state index >= 15 is 0 Å². The molecule has 0 unspecified atom stereocenters. The second-order valence-corrected chi connectivity index (χ2v) is 6.84. The van der Waals surface area contributed by atoms with Gasteiger partial charge in [-0.15, -0.1) is 0 Å². The van der Waals surface area contributed by atoms with Crippen LogP contribution in [0.25, 0.3) is 0 Å². The predicted octanol–water partition coefficient (Wildman–Crippen LogP) is 1.62. The van der Waals surface area contributed by atoms with Gasteiger partial charge in [-0.2, -0.15) is 0 Å². The van der Waals surface area contributed by atoms with E-state index < -0.39 is 30.1 Å².